The molecule has 74 valence electrons. The van der Waals surface area contributed by atoms with Crippen molar-refractivity contribution in [2.24, 2.45) is 16.3 Å². The Balaban J connectivity index is 4.51. The maximum Gasteiger partial charge on any atom is 0.311 e. The molecule has 0 amide bonds. The molecule has 0 saturated carbocycles. The second-order valence-electron chi connectivity index (χ2n) is 3.87. The Hall–Kier alpha value is -1.15. The first-order valence-corrected chi connectivity index (χ1v) is 4.19. The molecular formula is C9H15NO3. The molecule has 0 aromatic carbocycles. The number of nitrogens with zero attached hydrogens (tertiary/aromatic N) is 1. The molecule has 1 atom stereocenters. The molecule has 0 aliphatic carbocycles. The third-order valence-corrected chi connectivity index (χ3v) is 1.87. The van der Waals surface area contributed by atoms with Crippen LogP contribution in [0, 0.1) is 11.3 Å². The third-order valence-electron chi connectivity index (χ3n) is 1.87. The van der Waals surface area contributed by atoms with E-state index in [2.05, 4.69) is 4.99 Å². The predicted molar refractivity (Wildman–Crippen MR) is 48.2 cm³/mol. The minimum absolute atomic E-state index is 0.00398. The number of hydrogen-bond acceptors (Lipinski definition) is 3. The van der Waals surface area contributed by atoms with E-state index >= 15 is 0 Å². The molecule has 0 heterocycles. The van der Waals surface area contributed by atoms with Crippen molar-refractivity contribution in [3.8, 4) is 0 Å². The number of hydrogen-bond donors (Lipinski definition) is 1. The summed E-state index contributed by atoms with van der Waals surface area (Å²) in [4.78, 5) is 24.1. The van der Waals surface area contributed by atoms with Gasteiger partial charge in [0.1, 0.15) is 0 Å². The van der Waals surface area contributed by atoms with Gasteiger partial charge in [-0.15, -0.1) is 0 Å². The Bertz CT molecular complexity index is 231. The molecule has 0 fully saturated rings. The Morgan fingerprint density at radius 2 is 2.15 bits per heavy atom. The first-order valence-electron chi connectivity index (χ1n) is 4.19. The first kappa shape index (κ1) is 11.8. The maximum atomic E-state index is 10.9. The lowest BCUT2D eigenvalue weighted by Crippen LogP contribution is -2.32. The van der Waals surface area contributed by atoms with Crippen molar-refractivity contribution in [1.82, 2.24) is 0 Å². The third kappa shape index (κ3) is 3.85. The van der Waals surface area contributed by atoms with Gasteiger partial charge in [-0.3, -0.25) is 4.79 Å². The summed E-state index contributed by atoms with van der Waals surface area (Å²) in [5.41, 5.74) is -0.939. The van der Waals surface area contributed by atoms with Crippen molar-refractivity contribution in [2.75, 3.05) is 6.54 Å². The Kier molecular flexibility index (Phi) is 4.35. The summed E-state index contributed by atoms with van der Waals surface area (Å²) in [6, 6.07) is 0. The monoisotopic (exact) mass is 185 g/mol. The minimum atomic E-state index is -0.939. The summed E-state index contributed by atoms with van der Waals surface area (Å²) in [6.07, 6.45) is 1.87. The average Bonchev–Trinajstić information content (AvgIpc) is 1.99. The zero-order valence-corrected chi connectivity index (χ0v) is 8.20. The summed E-state index contributed by atoms with van der Waals surface area (Å²) in [7, 11) is 0. The van der Waals surface area contributed by atoms with Crippen LogP contribution in [0.2, 0.25) is 0 Å². The fraction of sp³-hybridized carbons (Fsp3) is 0.778. The van der Waals surface area contributed by atoms with Crippen LogP contribution in [0.4, 0.5) is 0 Å². The molecular weight excluding hydrogens is 170 g/mol. The van der Waals surface area contributed by atoms with E-state index in [0.717, 1.165) is 0 Å². The van der Waals surface area contributed by atoms with Crippen LogP contribution in [0.1, 0.15) is 27.2 Å². The van der Waals surface area contributed by atoms with Gasteiger partial charge in [0.25, 0.3) is 0 Å². The number of isocyanates is 1. The van der Waals surface area contributed by atoms with Gasteiger partial charge in [0, 0.05) is 0 Å². The summed E-state index contributed by atoms with van der Waals surface area (Å²) < 4.78 is 0. The van der Waals surface area contributed by atoms with Crippen LogP contribution in [0.25, 0.3) is 0 Å². The number of carboxylic acids is 1. The van der Waals surface area contributed by atoms with E-state index in [-0.39, 0.29) is 12.5 Å². The Morgan fingerprint density at radius 3 is 2.46 bits per heavy atom. The molecule has 0 radical (unpaired) electrons. The highest BCUT2D eigenvalue weighted by Crippen LogP contribution is 2.26. The maximum absolute atomic E-state index is 10.9. The van der Waals surface area contributed by atoms with Crippen molar-refractivity contribution in [3.05, 3.63) is 0 Å². The van der Waals surface area contributed by atoms with Crippen LogP contribution < -0.4 is 0 Å². The number of carbonyl (C=O) groups excluding carboxylic acids is 1. The highest BCUT2D eigenvalue weighted by molar-refractivity contribution is 5.74. The fourth-order valence-electron chi connectivity index (χ4n) is 1.33. The fourth-order valence-corrected chi connectivity index (χ4v) is 1.33. The zero-order valence-electron chi connectivity index (χ0n) is 8.20. The summed E-state index contributed by atoms with van der Waals surface area (Å²) in [5.74, 6) is -0.650. The van der Waals surface area contributed by atoms with Crippen LogP contribution in [-0.2, 0) is 9.59 Å². The van der Waals surface area contributed by atoms with Crippen molar-refractivity contribution in [1.29, 1.82) is 0 Å². The van der Waals surface area contributed by atoms with Crippen LogP contribution in [0.3, 0.4) is 0 Å². The molecule has 0 rings (SSSR count). The van der Waals surface area contributed by atoms with Crippen molar-refractivity contribution >= 4 is 12.0 Å². The van der Waals surface area contributed by atoms with Gasteiger partial charge in [0.2, 0.25) is 6.08 Å². The molecule has 0 aromatic rings. The SMILES string of the molecule is CC(C)CC(C)(CN=C=O)C(=O)O. The van der Waals surface area contributed by atoms with E-state index in [0.29, 0.717) is 6.42 Å². The molecule has 1 unspecified atom stereocenters. The van der Waals surface area contributed by atoms with Crippen LogP contribution in [0.15, 0.2) is 4.99 Å². The van der Waals surface area contributed by atoms with Crippen LogP contribution in [-0.4, -0.2) is 23.7 Å². The summed E-state index contributed by atoms with van der Waals surface area (Å²) in [6.45, 7) is 5.47. The van der Waals surface area contributed by atoms with Crippen molar-refractivity contribution < 1.29 is 14.7 Å². The number of aliphatic carboxylic acids is 1. The molecule has 0 saturated heterocycles. The van der Waals surface area contributed by atoms with Gasteiger partial charge in [-0.2, -0.15) is 0 Å². The second kappa shape index (κ2) is 4.77. The molecule has 0 aliphatic rings. The van der Waals surface area contributed by atoms with Crippen LogP contribution in [0.5, 0.6) is 0 Å². The zero-order chi connectivity index (χ0) is 10.5. The normalized spacial score (nSPS) is 14.8. The van der Waals surface area contributed by atoms with Gasteiger partial charge in [-0.05, 0) is 19.3 Å². The average molecular weight is 185 g/mol. The van der Waals surface area contributed by atoms with E-state index < -0.39 is 11.4 Å². The van der Waals surface area contributed by atoms with Gasteiger partial charge < -0.3 is 5.11 Å². The topological polar surface area (TPSA) is 66.7 Å². The van der Waals surface area contributed by atoms with Crippen molar-refractivity contribution in [3.63, 3.8) is 0 Å². The van der Waals surface area contributed by atoms with E-state index in [1.165, 1.54) is 6.08 Å². The quantitative estimate of drug-likeness (QED) is 0.520. The Morgan fingerprint density at radius 1 is 1.62 bits per heavy atom. The van der Waals surface area contributed by atoms with Gasteiger partial charge >= 0.3 is 5.97 Å². The lowest BCUT2D eigenvalue weighted by molar-refractivity contribution is -0.148. The lowest BCUT2D eigenvalue weighted by atomic mass is 9.82. The van der Waals surface area contributed by atoms with E-state index in [9.17, 15) is 9.59 Å². The van der Waals surface area contributed by atoms with E-state index in [4.69, 9.17) is 5.11 Å². The number of carboxylic acid groups (broad SMARTS) is 1. The smallest absolute Gasteiger partial charge is 0.311 e. The molecule has 0 bridgehead atoms. The molecule has 13 heavy (non-hydrogen) atoms. The summed E-state index contributed by atoms with van der Waals surface area (Å²) >= 11 is 0. The van der Waals surface area contributed by atoms with Gasteiger partial charge in [-0.1, -0.05) is 13.8 Å². The van der Waals surface area contributed by atoms with E-state index in [1.807, 2.05) is 13.8 Å². The van der Waals surface area contributed by atoms with Gasteiger partial charge in [0.15, 0.2) is 0 Å². The highest BCUT2D eigenvalue weighted by Gasteiger charge is 2.33. The first-order chi connectivity index (χ1) is 5.92. The van der Waals surface area contributed by atoms with Crippen molar-refractivity contribution in [2.45, 2.75) is 27.2 Å². The molecule has 0 aromatic heterocycles. The summed E-state index contributed by atoms with van der Waals surface area (Å²) in [5, 5.41) is 8.92. The second-order valence-corrected chi connectivity index (χ2v) is 3.87. The van der Waals surface area contributed by atoms with E-state index in [1.54, 1.807) is 6.92 Å². The number of rotatable bonds is 5. The molecule has 4 heteroatoms. The minimum Gasteiger partial charge on any atom is -0.481 e. The molecule has 1 N–H and O–H groups in total. The van der Waals surface area contributed by atoms with Crippen LogP contribution >= 0.6 is 0 Å². The number of aliphatic imine (C=N–C) groups is 1. The highest BCUT2D eigenvalue weighted by atomic mass is 16.4. The standard InChI is InChI=1S/C9H15NO3/c1-7(2)4-9(3,8(12)13)5-10-6-11/h7H,4-5H2,1-3H3,(H,12,13). The largest absolute Gasteiger partial charge is 0.481 e. The lowest BCUT2D eigenvalue weighted by Gasteiger charge is -2.23. The van der Waals surface area contributed by atoms with Gasteiger partial charge in [0.05, 0.1) is 12.0 Å². The van der Waals surface area contributed by atoms with Gasteiger partial charge in [-0.25, -0.2) is 9.79 Å². The molecule has 4 nitrogen and oxygen atoms in total. The number of carbonyl (C=O) groups is 1. The predicted octanol–water partition coefficient (Wildman–Crippen LogP) is 1.46. The Labute approximate surface area is 77.7 Å². The molecule has 0 aliphatic heterocycles. The molecule has 0 spiro atoms.